The zero-order valence-electron chi connectivity index (χ0n) is 20.0. The third kappa shape index (κ3) is 6.72. The summed E-state index contributed by atoms with van der Waals surface area (Å²) in [5.74, 6) is 0.270. The van der Waals surface area contributed by atoms with Gasteiger partial charge in [-0.05, 0) is 48.5 Å². The molecule has 1 aliphatic heterocycles. The molecule has 1 saturated heterocycles. The number of amides is 1. The molecular formula is C26H27N3O7. The molecule has 3 aromatic carbocycles. The zero-order chi connectivity index (χ0) is 26.1. The van der Waals surface area contributed by atoms with Crippen molar-refractivity contribution < 1.29 is 29.1 Å². The first-order chi connectivity index (χ1) is 17.3. The molecule has 0 aromatic heterocycles. The van der Waals surface area contributed by atoms with Crippen molar-refractivity contribution in [3.63, 3.8) is 0 Å². The van der Waals surface area contributed by atoms with Crippen molar-refractivity contribution in [2.45, 2.75) is 0 Å². The molecule has 1 heterocycles. The predicted octanol–water partition coefficient (Wildman–Crippen LogP) is 3.96. The first-order valence-corrected chi connectivity index (χ1v) is 11.1. The summed E-state index contributed by atoms with van der Waals surface area (Å²) in [6.45, 7) is 2.58. The van der Waals surface area contributed by atoms with Gasteiger partial charge in [-0.25, -0.2) is 4.79 Å². The number of anilines is 1. The molecule has 1 aliphatic rings. The van der Waals surface area contributed by atoms with Crippen LogP contribution in [0.4, 0.5) is 11.4 Å². The number of ether oxygens (including phenoxy) is 2. The Balaban J connectivity index is 0.000000275. The highest BCUT2D eigenvalue weighted by Gasteiger charge is 2.23. The number of non-ortho nitro benzene ring substituents is 1. The molecule has 10 heteroatoms. The van der Waals surface area contributed by atoms with Crippen molar-refractivity contribution in [2.24, 2.45) is 0 Å². The molecule has 0 atom stereocenters. The van der Waals surface area contributed by atoms with Gasteiger partial charge in [0.15, 0.2) is 0 Å². The first kappa shape index (κ1) is 26.0. The van der Waals surface area contributed by atoms with E-state index >= 15 is 0 Å². The van der Waals surface area contributed by atoms with Crippen molar-refractivity contribution in [1.82, 2.24) is 4.90 Å². The summed E-state index contributed by atoms with van der Waals surface area (Å²) in [5.41, 5.74) is 1.86. The van der Waals surface area contributed by atoms with Gasteiger partial charge in [-0.2, -0.15) is 0 Å². The largest absolute Gasteiger partial charge is 0.497 e. The summed E-state index contributed by atoms with van der Waals surface area (Å²) in [6, 6.07) is 20.0. The number of nitrogens with zero attached hydrogens (tertiary/aromatic N) is 3. The Morgan fingerprint density at radius 1 is 0.833 bits per heavy atom. The lowest BCUT2D eigenvalue weighted by Gasteiger charge is -2.36. The van der Waals surface area contributed by atoms with Gasteiger partial charge in [-0.15, -0.1) is 0 Å². The van der Waals surface area contributed by atoms with Crippen molar-refractivity contribution in [3.8, 4) is 11.5 Å². The zero-order valence-corrected chi connectivity index (χ0v) is 20.0. The molecule has 0 saturated carbocycles. The Morgan fingerprint density at radius 3 is 1.86 bits per heavy atom. The van der Waals surface area contributed by atoms with Gasteiger partial charge in [-0.3, -0.25) is 14.9 Å². The third-order valence-electron chi connectivity index (χ3n) is 5.63. The number of methoxy groups -OCH3 is 2. The first-order valence-electron chi connectivity index (χ1n) is 11.1. The Labute approximate surface area is 208 Å². The molecule has 36 heavy (non-hydrogen) atoms. The number of hydrogen-bond acceptors (Lipinski definition) is 7. The van der Waals surface area contributed by atoms with Crippen molar-refractivity contribution in [1.29, 1.82) is 0 Å². The van der Waals surface area contributed by atoms with Crippen LogP contribution in [0.5, 0.6) is 11.5 Å². The Hall–Kier alpha value is -4.60. The highest BCUT2D eigenvalue weighted by Crippen LogP contribution is 2.22. The van der Waals surface area contributed by atoms with Crippen LogP contribution in [0, 0.1) is 10.1 Å². The summed E-state index contributed by atoms with van der Waals surface area (Å²) in [4.78, 5) is 37.3. The number of aromatic carboxylic acids is 1. The summed E-state index contributed by atoms with van der Waals surface area (Å²) in [7, 11) is 3.08. The molecule has 3 aromatic rings. The van der Waals surface area contributed by atoms with Crippen LogP contribution in [0.2, 0.25) is 0 Å². The van der Waals surface area contributed by atoms with Crippen LogP contribution in [0.1, 0.15) is 20.7 Å². The highest BCUT2D eigenvalue weighted by atomic mass is 16.6. The molecule has 0 aliphatic carbocycles. The predicted molar refractivity (Wildman–Crippen MR) is 134 cm³/mol. The Kier molecular flexibility index (Phi) is 8.82. The van der Waals surface area contributed by atoms with Crippen LogP contribution in [0.3, 0.4) is 0 Å². The van der Waals surface area contributed by atoms with Gasteiger partial charge < -0.3 is 24.4 Å². The number of carboxylic acid groups (broad SMARTS) is 1. The van der Waals surface area contributed by atoms with Gasteiger partial charge in [-0.1, -0.05) is 12.1 Å². The topological polar surface area (TPSA) is 122 Å². The molecule has 0 radical (unpaired) electrons. The highest BCUT2D eigenvalue weighted by molar-refractivity contribution is 5.94. The molecule has 10 nitrogen and oxygen atoms in total. The quantitative estimate of drug-likeness (QED) is 0.404. The Bertz CT molecular complexity index is 1210. The van der Waals surface area contributed by atoms with Crippen LogP contribution in [-0.2, 0) is 0 Å². The van der Waals surface area contributed by atoms with Crippen LogP contribution in [-0.4, -0.2) is 67.2 Å². The van der Waals surface area contributed by atoms with Gasteiger partial charge in [0.1, 0.15) is 11.5 Å². The van der Waals surface area contributed by atoms with E-state index in [9.17, 15) is 19.7 Å². The molecule has 1 amide bonds. The maximum absolute atomic E-state index is 12.6. The van der Waals surface area contributed by atoms with Gasteiger partial charge in [0.2, 0.25) is 0 Å². The second kappa shape index (κ2) is 12.2. The number of rotatable bonds is 6. The lowest BCUT2D eigenvalue weighted by Crippen LogP contribution is -2.48. The van der Waals surface area contributed by atoms with E-state index in [1.165, 1.54) is 31.4 Å². The minimum absolute atomic E-state index is 0.0118. The molecule has 188 valence electrons. The van der Waals surface area contributed by atoms with Gasteiger partial charge in [0.25, 0.3) is 11.6 Å². The van der Waals surface area contributed by atoms with E-state index in [1.807, 2.05) is 11.0 Å². The average Bonchev–Trinajstić information content (AvgIpc) is 2.93. The number of carbonyl (C=O) groups is 2. The smallest absolute Gasteiger partial charge is 0.335 e. The van der Waals surface area contributed by atoms with E-state index in [0.717, 1.165) is 5.69 Å². The fraction of sp³-hybridized carbons (Fsp3) is 0.231. The standard InChI is InChI=1S/C18H19N3O4.C8H8O3/c1-25-17-4-2-3-14(13-17)18(22)20-11-9-19(10-12-20)15-5-7-16(8-6-15)21(23)24;1-11-7-4-2-3-6(5-7)8(9)10/h2-8,13H,9-12H2,1H3;2-5H,1H3,(H,9,10). The third-order valence-corrected chi connectivity index (χ3v) is 5.63. The van der Waals surface area contributed by atoms with Crippen molar-refractivity contribution in [2.75, 3.05) is 45.3 Å². The van der Waals surface area contributed by atoms with Crippen molar-refractivity contribution in [3.05, 3.63) is 94.0 Å². The second-order valence-corrected chi connectivity index (χ2v) is 7.82. The molecule has 1 fully saturated rings. The lowest BCUT2D eigenvalue weighted by molar-refractivity contribution is -0.384. The molecular weight excluding hydrogens is 466 g/mol. The van der Waals surface area contributed by atoms with E-state index in [-0.39, 0.29) is 17.2 Å². The number of benzene rings is 3. The number of nitro groups is 1. The fourth-order valence-electron chi connectivity index (χ4n) is 3.65. The number of piperazine rings is 1. The normalized spacial score (nSPS) is 12.7. The van der Waals surface area contributed by atoms with Crippen LogP contribution in [0.15, 0.2) is 72.8 Å². The summed E-state index contributed by atoms with van der Waals surface area (Å²) >= 11 is 0. The van der Waals surface area contributed by atoms with Gasteiger partial charge in [0.05, 0.1) is 24.7 Å². The molecule has 1 N–H and O–H groups in total. The summed E-state index contributed by atoms with van der Waals surface area (Å²) < 4.78 is 10.0. The van der Waals surface area contributed by atoms with E-state index in [2.05, 4.69) is 4.90 Å². The van der Waals surface area contributed by atoms with Crippen LogP contribution >= 0.6 is 0 Å². The lowest BCUT2D eigenvalue weighted by atomic mass is 10.1. The molecule has 4 rings (SSSR count). The summed E-state index contributed by atoms with van der Waals surface area (Å²) in [6.07, 6.45) is 0. The monoisotopic (exact) mass is 493 g/mol. The minimum atomic E-state index is -0.941. The SMILES string of the molecule is COc1cccc(C(=O)N2CCN(c3ccc([N+](=O)[O-])cc3)CC2)c1.COc1cccc(C(=O)O)c1. The van der Waals surface area contributed by atoms with Crippen molar-refractivity contribution >= 4 is 23.3 Å². The number of nitro benzene ring substituents is 1. The number of hydrogen-bond donors (Lipinski definition) is 1. The number of carbonyl (C=O) groups excluding carboxylic acids is 1. The van der Waals surface area contributed by atoms with E-state index < -0.39 is 10.9 Å². The van der Waals surface area contributed by atoms with Gasteiger partial charge >= 0.3 is 5.97 Å². The fourth-order valence-corrected chi connectivity index (χ4v) is 3.65. The number of carboxylic acids is 1. The minimum Gasteiger partial charge on any atom is -0.497 e. The van der Waals surface area contributed by atoms with E-state index in [0.29, 0.717) is 43.2 Å². The van der Waals surface area contributed by atoms with Gasteiger partial charge in [0, 0.05) is 49.6 Å². The Morgan fingerprint density at radius 2 is 1.36 bits per heavy atom. The summed E-state index contributed by atoms with van der Waals surface area (Å²) in [5, 5.41) is 19.3. The average molecular weight is 494 g/mol. The van der Waals surface area contributed by atoms with Crippen LogP contribution in [0.25, 0.3) is 0 Å². The molecule has 0 bridgehead atoms. The second-order valence-electron chi connectivity index (χ2n) is 7.82. The van der Waals surface area contributed by atoms with Crippen LogP contribution < -0.4 is 14.4 Å². The molecule has 0 unspecified atom stereocenters. The van der Waals surface area contributed by atoms with E-state index in [1.54, 1.807) is 49.6 Å². The maximum Gasteiger partial charge on any atom is 0.335 e. The van der Waals surface area contributed by atoms with E-state index in [4.69, 9.17) is 14.6 Å². The molecule has 0 spiro atoms. The maximum atomic E-state index is 12.6.